The first kappa shape index (κ1) is 22.5. The van der Waals surface area contributed by atoms with Crippen LogP contribution in [0.15, 0.2) is 29.3 Å². The number of hydrogen-bond acceptors (Lipinski definition) is 4. The minimum absolute atomic E-state index is 0.174. The van der Waals surface area contributed by atoms with E-state index >= 15 is 0 Å². The SMILES string of the molecule is CCNC(=NCC1(SC)CCOCC1)N1CC(CCN2CCCC2=O)c2ccccc21. The molecule has 1 N–H and O–H groups in total. The fourth-order valence-electron chi connectivity index (χ4n) is 4.98. The van der Waals surface area contributed by atoms with Crippen LogP contribution in [0.25, 0.3) is 0 Å². The van der Waals surface area contributed by atoms with Gasteiger partial charge in [-0.05, 0) is 50.5 Å². The first-order chi connectivity index (χ1) is 15.2. The zero-order valence-electron chi connectivity index (χ0n) is 18.9. The summed E-state index contributed by atoms with van der Waals surface area (Å²) in [6, 6.07) is 8.70. The van der Waals surface area contributed by atoms with Crippen LogP contribution < -0.4 is 10.2 Å². The second-order valence-corrected chi connectivity index (χ2v) is 10.1. The van der Waals surface area contributed by atoms with Gasteiger partial charge in [-0.2, -0.15) is 11.8 Å². The number of amides is 1. The molecule has 31 heavy (non-hydrogen) atoms. The van der Waals surface area contributed by atoms with Crippen LogP contribution in [0.4, 0.5) is 5.69 Å². The van der Waals surface area contributed by atoms with Crippen molar-refractivity contribution in [3.8, 4) is 0 Å². The van der Waals surface area contributed by atoms with Crippen molar-refractivity contribution in [2.45, 2.75) is 49.7 Å². The summed E-state index contributed by atoms with van der Waals surface area (Å²) in [4.78, 5) is 21.6. The van der Waals surface area contributed by atoms with Gasteiger partial charge >= 0.3 is 0 Å². The highest BCUT2D eigenvalue weighted by molar-refractivity contribution is 8.00. The van der Waals surface area contributed by atoms with Crippen molar-refractivity contribution in [2.24, 2.45) is 4.99 Å². The highest BCUT2D eigenvalue weighted by Crippen LogP contribution is 2.39. The minimum Gasteiger partial charge on any atom is -0.381 e. The second kappa shape index (κ2) is 10.3. The lowest BCUT2D eigenvalue weighted by Crippen LogP contribution is -2.43. The van der Waals surface area contributed by atoms with Gasteiger partial charge in [-0.3, -0.25) is 9.79 Å². The molecule has 0 bridgehead atoms. The maximum Gasteiger partial charge on any atom is 0.222 e. The molecule has 1 atom stereocenters. The molecule has 3 aliphatic rings. The average Bonchev–Trinajstić information content (AvgIpc) is 3.39. The van der Waals surface area contributed by atoms with E-state index in [1.165, 1.54) is 11.3 Å². The Morgan fingerprint density at radius 3 is 2.84 bits per heavy atom. The number of fused-ring (bicyclic) bond motifs is 1. The van der Waals surface area contributed by atoms with E-state index in [0.29, 0.717) is 18.2 Å². The Labute approximate surface area is 190 Å². The predicted molar refractivity (Wildman–Crippen MR) is 129 cm³/mol. The predicted octanol–water partition coefficient (Wildman–Crippen LogP) is 3.48. The van der Waals surface area contributed by atoms with Gasteiger partial charge in [-0.1, -0.05) is 18.2 Å². The number of nitrogens with one attached hydrogen (secondary N) is 1. The number of carbonyl (C=O) groups is 1. The molecule has 0 spiro atoms. The number of carbonyl (C=O) groups excluding carboxylic acids is 1. The molecular weight excluding hydrogens is 408 g/mol. The molecule has 1 aromatic carbocycles. The van der Waals surface area contributed by atoms with Gasteiger partial charge in [-0.25, -0.2) is 0 Å². The summed E-state index contributed by atoms with van der Waals surface area (Å²) in [6.07, 6.45) is 7.04. The summed E-state index contributed by atoms with van der Waals surface area (Å²) in [5.74, 6) is 1.72. The fraction of sp³-hybridized carbons (Fsp3) is 0.667. The van der Waals surface area contributed by atoms with Gasteiger partial charge in [0.05, 0.1) is 6.54 Å². The Kier molecular flexibility index (Phi) is 7.43. The zero-order chi connectivity index (χ0) is 21.7. The van der Waals surface area contributed by atoms with Crippen molar-refractivity contribution in [3.63, 3.8) is 0 Å². The molecule has 7 heteroatoms. The van der Waals surface area contributed by atoms with E-state index < -0.39 is 0 Å². The summed E-state index contributed by atoms with van der Waals surface area (Å²) in [5.41, 5.74) is 2.63. The molecule has 0 aromatic heterocycles. The van der Waals surface area contributed by atoms with Gasteiger partial charge in [0, 0.05) is 62.2 Å². The molecule has 0 saturated carbocycles. The van der Waals surface area contributed by atoms with Crippen molar-refractivity contribution in [2.75, 3.05) is 57.1 Å². The Hall–Kier alpha value is -1.73. The lowest BCUT2D eigenvalue weighted by Gasteiger charge is -2.35. The zero-order valence-corrected chi connectivity index (χ0v) is 19.8. The summed E-state index contributed by atoms with van der Waals surface area (Å²) in [7, 11) is 0. The first-order valence-corrected chi connectivity index (χ1v) is 12.9. The van der Waals surface area contributed by atoms with Crippen LogP contribution in [-0.2, 0) is 9.53 Å². The van der Waals surface area contributed by atoms with Gasteiger partial charge in [0.15, 0.2) is 5.96 Å². The Morgan fingerprint density at radius 2 is 2.13 bits per heavy atom. The van der Waals surface area contributed by atoms with E-state index in [1.54, 1.807) is 0 Å². The van der Waals surface area contributed by atoms with E-state index in [0.717, 1.165) is 77.6 Å². The van der Waals surface area contributed by atoms with Crippen LogP contribution >= 0.6 is 11.8 Å². The quantitative estimate of drug-likeness (QED) is 0.515. The fourth-order valence-corrected chi connectivity index (χ4v) is 5.75. The number of likely N-dealkylation sites (tertiary alicyclic amines) is 1. The van der Waals surface area contributed by atoms with E-state index in [-0.39, 0.29) is 4.75 Å². The normalized spacial score (nSPS) is 23.4. The lowest BCUT2D eigenvalue weighted by molar-refractivity contribution is -0.127. The number of hydrogen-bond donors (Lipinski definition) is 1. The molecule has 1 aromatic rings. The van der Waals surface area contributed by atoms with Gasteiger partial charge in [-0.15, -0.1) is 0 Å². The largest absolute Gasteiger partial charge is 0.381 e. The molecule has 3 aliphatic heterocycles. The number of rotatable bonds is 7. The Bertz CT molecular complexity index is 794. The van der Waals surface area contributed by atoms with Gasteiger partial charge in [0.25, 0.3) is 0 Å². The van der Waals surface area contributed by atoms with Gasteiger partial charge < -0.3 is 19.9 Å². The number of ether oxygens (including phenoxy) is 1. The summed E-state index contributed by atoms with van der Waals surface area (Å²) in [6.45, 7) is 8.14. The molecule has 1 amide bonds. The summed E-state index contributed by atoms with van der Waals surface area (Å²) in [5, 5.41) is 3.54. The number of para-hydroxylation sites is 1. The van der Waals surface area contributed by atoms with Crippen LogP contribution in [0, 0.1) is 0 Å². The van der Waals surface area contributed by atoms with Gasteiger partial charge in [0.2, 0.25) is 5.91 Å². The van der Waals surface area contributed by atoms with Crippen LogP contribution in [0.3, 0.4) is 0 Å². The molecule has 0 radical (unpaired) electrons. The molecule has 170 valence electrons. The van der Waals surface area contributed by atoms with Crippen LogP contribution in [0.1, 0.15) is 50.5 Å². The van der Waals surface area contributed by atoms with E-state index in [4.69, 9.17) is 9.73 Å². The van der Waals surface area contributed by atoms with Crippen molar-refractivity contribution in [3.05, 3.63) is 29.8 Å². The third-order valence-electron chi connectivity index (χ3n) is 6.93. The first-order valence-electron chi connectivity index (χ1n) is 11.7. The third kappa shape index (κ3) is 5.03. The van der Waals surface area contributed by atoms with Crippen molar-refractivity contribution < 1.29 is 9.53 Å². The molecule has 1 unspecified atom stereocenters. The van der Waals surface area contributed by atoms with E-state index in [1.807, 2.05) is 16.7 Å². The molecule has 2 fully saturated rings. The van der Waals surface area contributed by atoms with Crippen LogP contribution in [0.2, 0.25) is 0 Å². The maximum atomic E-state index is 12.1. The number of anilines is 1. The number of nitrogens with zero attached hydrogens (tertiary/aromatic N) is 3. The summed E-state index contributed by atoms with van der Waals surface area (Å²) >= 11 is 1.93. The number of aliphatic imine (C=N–C) groups is 1. The monoisotopic (exact) mass is 444 g/mol. The van der Waals surface area contributed by atoms with Crippen molar-refractivity contribution in [1.82, 2.24) is 10.2 Å². The molecule has 3 heterocycles. The maximum absolute atomic E-state index is 12.1. The Balaban J connectivity index is 1.51. The second-order valence-electron chi connectivity index (χ2n) is 8.81. The molecule has 0 aliphatic carbocycles. The van der Waals surface area contributed by atoms with Crippen molar-refractivity contribution >= 4 is 29.3 Å². The lowest BCUT2D eigenvalue weighted by atomic mass is 9.98. The Morgan fingerprint density at radius 1 is 1.32 bits per heavy atom. The highest BCUT2D eigenvalue weighted by atomic mass is 32.2. The summed E-state index contributed by atoms with van der Waals surface area (Å²) < 4.78 is 5.78. The molecule has 2 saturated heterocycles. The number of thioether (sulfide) groups is 1. The van der Waals surface area contributed by atoms with Crippen LogP contribution in [0.5, 0.6) is 0 Å². The topological polar surface area (TPSA) is 57.2 Å². The average molecular weight is 445 g/mol. The van der Waals surface area contributed by atoms with E-state index in [2.05, 4.69) is 47.7 Å². The molecular formula is C24H36N4O2S. The smallest absolute Gasteiger partial charge is 0.222 e. The minimum atomic E-state index is 0.174. The van der Waals surface area contributed by atoms with Crippen molar-refractivity contribution in [1.29, 1.82) is 0 Å². The number of benzene rings is 1. The highest BCUT2D eigenvalue weighted by Gasteiger charge is 2.34. The van der Waals surface area contributed by atoms with Gasteiger partial charge in [0.1, 0.15) is 0 Å². The third-order valence-corrected chi connectivity index (χ3v) is 8.34. The van der Waals surface area contributed by atoms with Crippen LogP contribution in [-0.4, -0.2) is 73.7 Å². The van der Waals surface area contributed by atoms with E-state index in [9.17, 15) is 4.79 Å². The number of guanidine groups is 1. The molecule has 4 rings (SSSR count). The molecule has 6 nitrogen and oxygen atoms in total. The standard InChI is InChI=1S/C24H36N4O2S/c1-3-25-23(26-18-24(31-2)11-15-30-16-12-24)28-17-19(20-7-4-5-8-21(20)28)10-14-27-13-6-9-22(27)29/h4-5,7-8,19H,3,6,9-18H2,1-2H3,(H,25,26).